The number of hydrogen-bond donors (Lipinski definition) is 0. The minimum Gasteiger partial charge on any atom is -0.383 e. The van der Waals surface area contributed by atoms with Crippen LogP contribution in [0, 0.1) is 0 Å². The second-order valence-corrected chi connectivity index (χ2v) is 9.21. The first kappa shape index (κ1) is 20.6. The Bertz CT molecular complexity index is 938. The van der Waals surface area contributed by atoms with Crippen LogP contribution in [0.2, 0.25) is 0 Å². The van der Waals surface area contributed by atoms with Crippen molar-refractivity contribution in [2.24, 2.45) is 0 Å². The molecule has 29 heavy (non-hydrogen) atoms. The minimum atomic E-state index is 0.662. The summed E-state index contributed by atoms with van der Waals surface area (Å²) in [4.78, 5) is 16.2. The molecule has 0 bridgehead atoms. The van der Waals surface area contributed by atoms with E-state index in [1.54, 1.807) is 26.0 Å². The van der Waals surface area contributed by atoms with Gasteiger partial charge in [-0.3, -0.25) is 0 Å². The molecule has 7 heteroatoms. The van der Waals surface area contributed by atoms with E-state index in [0.29, 0.717) is 13.2 Å². The molecule has 0 unspecified atom stereocenters. The molecule has 4 rings (SSSR count). The smallest absolute Gasteiger partial charge is 0.142 e. The van der Waals surface area contributed by atoms with E-state index in [1.807, 2.05) is 17.4 Å². The first-order valence-electron chi connectivity index (χ1n) is 10.0. The van der Waals surface area contributed by atoms with Gasteiger partial charge in [-0.05, 0) is 37.0 Å². The number of rotatable bonds is 10. The van der Waals surface area contributed by atoms with Crippen molar-refractivity contribution in [2.45, 2.75) is 29.9 Å². The number of thiophene rings is 1. The maximum atomic E-state index is 5.37. The molecular weight excluding hydrogens is 402 g/mol. The van der Waals surface area contributed by atoms with E-state index < -0.39 is 0 Å². The van der Waals surface area contributed by atoms with Crippen molar-refractivity contribution >= 4 is 39.1 Å². The molecule has 0 atom stereocenters. The second kappa shape index (κ2) is 9.89. The molecule has 5 nitrogen and oxygen atoms in total. The van der Waals surface area contributed by atoms with Gasteiger partial charge in [-0.15, -0.1) is 23.1 Å². The summed E-state index contributed by atoms with van der Waals surface area (Å²) < 4.78 is 10.7. The number of anilines is 1. The summed E-state index contributed by atoms with van der Waals surface area (Å²) in [5, 5.41) is 1.25. The minimum absolute atomic E-state index is 0.662. The van der Waals surface area contributed by atoms with Gasteiger partial charge in [0.25, 0.3) is 0 Å². The molecule has 0 N–H and O–H groups in total. The summed E-state index contributed by atoms with van der Waals surface area (Å²) in [5.41, 5.74) is 1.46. The van der Waals surface area contributed by atoms with Gasteiger partial charge in [-0.2, -0.15) is 0 Å². The van der Waals surface area contributed by atoms with Gasteiger partial charge in [0, 0.05) is 37.1 Å². The van der Waals surface area contributed by atoms with Gasteiger partial charge < -0.3 is 14.4 Å². The first-order valence-corrected chi connectivity index (χ1v) is 11.8. The van der Waals surface area contributed by atoms with Gasteiger partial charge in [0.05, 0.1) is 24.4 Å². The number of aromatic nitrogens is 2. The molecule has 3 aromatic rings. The Kier molecular flexibility index (Phi) is 7.02. The van der Waals surface area contributed by atoms with Crippen molar-refractivity contribution in [3.8, 4) is 0 Å². The van der Waals surface area contributed by atoms with Crippen LogP contribution in [0.15, 0.2) is 35.2 Å². The highest BCUT2D eigenvalue weighted by atomic mass is 32.2. The van der Waals surface area contributed by atoms with Crippen LogP contribution in [0.4, 0.5) is 5.82 Å². The summed E-state index contributed by atoms with van der Waals surface area (Å²) >= 11 is 3.63. The maximum absolute atomic E-state index is 5.37. The third-order valence-electron chi connectivity index (χ3n) is 5.13. The van der Waals surface area contributed by atoms with E-state index in [4.69, 9.17) is 19.4 Å². The lowest BCUT2D eigenvalue weighted by atomic mass is 10.2. The lowest BCUT2D eigenvalue weighted by Gasteiger charge is -2.24. The number of methoxy groups -OCH3 is 2. The Morgan fingerprint density at radius 3 is 2.52 bits per heavy atom. The van der Waals surface area contributed by atoms with Crippen molar-refractivity contribution in [1.82, 2.24) is 9.97 Å². The van der Waals surface area contributed by atoms with E-state index in [1.165, 1.54) is 33.6 Å². The monoisotopic (exact) mass is 429 g/mol. The van der Waals surface area contributed by atoms with Crippen molar-refractivity contribution in [3.63, 3.8) is 0 Å². The summed E-state index contributed by atoms with van der Waals surface area (Å²) in [6.45, 7) is 2.91. The molecule has 0 saturated carbocycles. The van der Waals surface area contributed by atoms with E-state index in [2.05, 4.69) is 29.2 Å². The standard InChI is InChI=1S/C22H27N3O2S2/c1-26-13-11-25(12-14-27-2)21-20-17-9-6-10-18(17)29-22(20)24-19(23-21)15-28-16-7-4-3-5-8-16/h3-5,7-8H,6,9-15H2,1-2H3. The maximum Gasteiger partial charge on any atom is 0.142 e. The van der Waals surface area contributed by atoms with Crippen LogP contribution in [0.5, 0.6) is 0 Å². The normalized spacial score (nSPS) is 13.2. The topological polar surface area (TPSA) is 47.5 Å². The van der Waals surface area contributed by atoms with Crippen LogP contribution in [0.3, 0.4) is 0 Å². The highest BCUT2D eigenvalue weighted by molar-refractivity contribution is 7.98. The number of fused-ring (bicyclic) bond motifs is 3. The fraction of sp³-hybridized carbons (Fsp3) is 0.455. The molecule has 2 aromatic heterocycles. The Morgan fingerprint density at radius 1 is 1.03 bits per heavy atom. The third kappa shape index (κ3) is 4.74. The zero-order valence-corrected chi connectivity index (χ0v) is 18.7. The van der Waals surface area contributed by atoms with Gasteiger partial charge in [-0.25, -0.2) is 9.97 Å². The lowest BCUT2D eigenvalue weighted by Crippen LogP contribution is -2.32. The molecule has 0 spiro atoms. The Labute approximate surface area is 180 Å². The zero-order chi connectivity index (χ0) is 20.1. The molecule has 1 aromatic carbocycles. The predicted octanol–water partition coefficient (Wildman–Crippen LogP) is 4.57. The van der Waals surface area contributed by atoms with E-state index in [-0.39, 0.29) is 0 Å². The Balaban J connectivity index is 1.70. The largest absolute Gasteiger partial charge is 0.383 e. The van der Waals surface area contributed by atoms with Crippen molar-refractivity contribution in [2.75, 3.05) is 45.4 Å². The third-order valence-corrected chi connectivity index (χ3v) is 7.33. The predicted molar refractivity (Wildman–Crippen MR) is 121 cm³/mol. The van der Waals surface area contributed by atoms with E-state index in [9.17, 15) is 0 Å². The second-order valence-electron chi connectivity index (χ2n) is 7.08. The van der Waals surface area contributed by atoms with Crippen LogP contribution in [-0.2, 0) is 28.1 Å². The van der Waals surface area contributed by atoms with Crippen LogP contribution in [0.1, 0.15) is 22.7 Å². The molecule has 0 saturated heterocycles. The van der Waals surface area contributed by atoms with E-state index in [0.717, 1.165) is 41.7 Å². The summed E-state index contributed by atoms with van der Waals surface area (Å²) in [6.07, 6.45) is 3.53. The SMILES string of the molecule is COCCN(CCOC)c1nc(CSc2ccccc2)nc2sc3c(c12)CCC3. The summed E-state index contributed by atoms with van der Waals surface area (Å²) in [7, 11) is 3.49. The van der Waals surface area contributed by atoms with Crippen molar-refractivity contribution in [3.05, 3.63) is 46.6 Å². The number of benzene rings is 1. The van der Waals surface area contributed by atoms with E-state index >= 15 is 0 Å². The molecule has 1 aliphatic carbocycles. The molecule has 2 heterocycles. The molecule has 0 aliphatic heterocycles. The van der Waals surface area contributed by atoms with Gasteiger partial charge in [-0.1, -0.05) is 18.2 Å². The van der Waals surface area contributed by atoms with Crippen LogP contribution in [0.25, 0.3) is 10.2 Å². The summed E-state index contributed by atoms with van der Waals surface area (Å²) in [6, 6.07) is 10.4. The molecule has 0 radical (unpaired) electrons. The molecule has 0 fully saturated rings. The van der Waals surface area contributed by atoms with Crippen molar-refractivity contribution < 1.29 is 9.47 Å². The fourth-order valence-corrected chi connectivity index (χ4v) is 5.75. The van der Waals surface area contributed by atoms with Gasteiger partial charge in [0.1, 0.15) is 16.5 Å². The van der Waals surface area contributed by atoms with Crippen molar-refractivity contribution in [1.29, 1.82) is 0 Å². The number of ether oxygens (including phenoxy) is 2. The summed E-state index contributed by atoms with van der Waals surface area (Å²) in [5.74, 6) is 2.70. The average Bonchev–Trinajstić information content (AvgIpc) is 3.34. The lowest BCUT2D eigenvalue weighted by molar-refractivity contribution is 0.190. The fourth-order valence-electron chi connectivity index (χ4n) is 3.70. The molecule has 154 valence electrons. The Morgan fingerprint density at radius 2 is 1.79 bits per heavy atom. The highest BCUT2D eigenvalue weighted by Gasteiger charge is 2.24. The van der Waals surface area contributed by atoms with Crippen LogP contribution < -0.4 is 4.90 Å². The number of hydrogen-bond acceptors (Lipinski definition) is 7. The van der Waals surface area contributed by atoms with Gasteiger partial charge >= 0.3 is 0 Å². The number of thioether (sulfide) groups is 1. The molecule has 1 aliphatic rings. The van der Waals surface area contributed by atoms with Crippen LogP contribution in [-0.4, -0.2) is 50.5 Å². The molecular formula is C22H27N3O2S2. The number of nitrogens with zero attached hydrogens (tertiary/aromatic N) is 3. The van der Waals surface area contributed by atoms with Gasteiger partial charge in [0.2, 0.25) is 0 Å². The zero-order valence-electron chi connectivity index (χ0n) is 17.0. The van der Waals surface area contributed by atoms with Gasteiger partial charge in [0.15, 0.2) is 0 Å². The first-order chi connectivity index (χ1) is 14.3. The van der Waals surface area contributed by atoms with Crippen LogP contribution >= 0.6 is 23.1 Å². The Hall–Kier alpha value is -1.67. The highest BCUT2D eigenvalue weighted by Crippen LogP contribution is 2.41. The average molecular weight is 430 g/mol. The number of aryl methyl sites for hydroxylation is 2. The quantitative estimate of drug-likeness (QED) is 0.440. The molecule has 0 amide bonds.